The molecule has 0 radical (unpaired) electrons. The van der Waals surface area contributed by atoms with Crippen LogP contribution >= 0.6 is 11.3 Å². The molecule has 1 spiro atoms. The summed E-state index contributed by atoms with van der Waals surface area (Å²) in [6, 6.07) is 5.48. The molecule has 2 aromatic rings. The van der Waals surface area contributed by atoms with Crippen LogP contribution in [-0.4, -0.2) is 48.2 Å². The molecule has 1 saturated heterocycles. The molecule has 7 nitrogen and oxygen atoms in total. The SMILES string of the molecule is CCNC(=O)c1ccc(N2CCC3(CC2)OCCc2sc(C(=O)O)cc23)nc1. The third-order valence-corrected chi connectivity index (χ3v) is 6.64. The number of nitrogens with one attached hydrogen (secondary N) is 1. The fraction of sp³-hybridized carbons (Fsp3) is 0.450. The number of ether oxygens (including phenoxy) is 1. The Kier molecular flexibility index (Phi) is 5.07. The second-order valence-corrected chi connectivity index (χ2v) is 8.23. The van der Waals surface area contributed by atoms with Crippen LogP contribution < -0.4 is 10.2 Å². The summed E-state index contributed by atoms with van der Waals surface area (Å²) in [6.45, 7) is 4.64. The fourth-order valence-electron chi connectivity index (χ4n) is 4.00. The van der Waals surface area contributed by atoms with Gasteiger partial charge in [-0.05, 0) is 43.5 Å². The summed E-state index contributed by atoms with van der Waals surface area (Å²) >= 11 is 1.37. The van der Waals surface area contributed by atoms with Crippen molar-refractivity contribution in [2.75, 3.05) is 31.1 Å². The van der Waals surface area contributed by atoms with Gasteiger partial charge in [-0.15, -0.1) is 11.3 Å². The lowest BCUT2D eigenvalue weighted by Gasteiger charge is -2.44. The Hall–Kier alpha value is -2.45. The Morgan fingerprint density at radius 2 is 2.14 bits per heavy atom. The van der Waals surface area contributed by atoms with E-state index in [1.165, 1.54) is 11.3 Å². The van der Waals surface area contributed by atoms with Crippen LogP contribution in [0.2, 0.25) is 0 Å². The smallest absolute Gasteiger partial charge is 0.345 e. The third-order valence-electron chi connectivity index (χ3n) is 5.46. The van der Waals surface area contributed by atoms with Crippen molar-refractivity contribution in [3.8, 4) is 0 Å². The molecule has 4 heterocycles. The summed E-state index contributed by atoms with van der Waals surface area (Å²) in [7, 11) is 0. The summed E-state index contributed by atoms with van der Waals surface area (Å²) in [5.41, 5.74) is 1.22. The van der Waals surface area contributed by atoms with Crippen LogP contribution in [-0.2, 0) is 16.8 Å². The number of thiophene rings is 1. The number of pyridine rings is 1. The number of carboxylic acid groups (broad SMARTS) is 1. The standard InChI is InChI=1S/C20H23N3O4S/c1-2-21-18(24)13-3-4-17(22-12-13)23-8-6-20(7-9-23)14-11-16(19(25)26)28-15(14)5-10-27-20/h3-4,11-12H,2,5-10H2,1H3,(H,21,24)(H,25,26). The number of carboxylic acids is 1. The van der Waals surface area contributed by atoms with Crippen LogP contribution in [0.4, 0.5) is 5.82 Å². The first-order valence-electron chi connectivity index (χ1n) is 9.52. The van der Waals surface area contributed by atoms with Crippen molar-refractivity contribution >= 4 is 29.0 Å². The van der Waals surface area contributed by atoms with Gasteiger partial charge < -0.3 is 20.1 Å². The second kappa shape index (κ2) is 7.52. The molecule has 4 rings (SSSR count). The van der Waals surface area contributed by atoms with Gasteiger partial charge in [-0.25, -0.2) is 9.78 Å². The second-order valence-electron chi connectivity index (χ2n) is 7.10. The number of fused-ring (bicyclic) bond motifs is 2. The van der Waals surface area contributed by atoms with E-state index in [0.717, 1.165) is 48.6 Å². The van der Waals surface area contributed by atoms with E-state index in [9.17, 15) is 14.7 Å². The zero-order chi connectivity index (χ0) is 19.7. The van der Waals surface area contributed by atoms with Crippen molar-refractivity contribution in [2.24, 2.45) is 0 Å². The van der Waals surface area contributed by atoms with Crippen LogP contribution in [0.3, 0.4) is 0 Å². The van der Waals surface area contributed by atoms with Crippen LogP contribution in [0.25, 0.3) is 0 Å². The predicted molar refractivity (Wildman–Crippen MR) is 106 cm³/mol. The Morgan fingerprint density at radius 3 is 2.79 bits per heavy atom. The van der Waals surface area contributed by atoms with E-state index in [1.807, 2.05) is 13.0 Å². The summed E-state index contributed by atoms with van der Waals surface area (Å²) in [5.74, 6) is -0.146. The Morgan fingerprint density at radius 1 is 1.36 bits per heavy atom. The molecule has 1 amide bonds. The number of anilines is 1. The number of piperidine rings is 1. The molecule has 28 heavy (non-hydrogen) atoms. The quantitative estimate of drug-likeness (QED) is 0.818. The number of nitrogens with zero attached hydrogens (tertiary/aromatic N) is 2. The van der Waals surface area contributed by atoms with E-state index in [1.54, 1.807) is 18.3 Å². The van der Waals surface area contributed by atoms with Gasteiger partial charge in [-0.2, -0.15) is 0 Å². The first kappa shape index (κ1) is 18.9. The number of amides is 1. The normalized spacial score (nSPS) is 18.0. The number of hydrogen-bond donors (Lipinski definition) is 2. The van der Waals surface area contributed by atoms with Crippen LogP contribution in [0, 0.1) is 0 Å². The summed E-state index contributed by atoms with van der Waals surface area (Å²) in [5, 5.41) is 12.1. The van der Waals surface area contributed by atoms with E-state index in [4.69, 9.17) is 4.74 Å². The fourth-order valence-corrected chi connectivity index (χ4v) is 5.07. The van der Waals surface area contributed by atoms with Gasteiger partial charge in [-0.1, -0.05) is 0 Å². The Labute approximate surface area is 167 Å². The zero-order valence-corrected chi connectivity index (χ0v) is 16.6. The molecular formula is C20H23N3O4S. The molecular weight excluding hydrogens is 378 g/mol. The molecule has 2 aliphatic rings. The molecule has 0 saturated carbocycles. The highest BCUT2D eigenvalue weighted by Crippen LogP contribution is 2.45. The molecule has 148 valence electrons. The van der Waals surface area contributed by atoms with Crippen molar-refractivity contribution in [3.63, 3.8) is 0 Å². The maximum absolute atomic E-state index is 11.9. The monoisotopic (exact) mass is 401 g/mol. The summed E-state index contributed by atoms with van der Waals surface area (Å²) < 4.78 is 6.20. The van der Waals surface area contributed by atoms with Crippen molar-refractivity contribution < 1.29 is 19.4 Å². The van der Waals surface area contributed by atoms with E-state index in [-0.39, 0.29) is 5.91 Å². The maximum atomic E-state index is 11.9. The number of hydrogen-bond acceptors (Lipinski definition) is 6. The molecule has 2 aliphatic heterocycles. The highest BCUT2D eigenvalue weighted by Gasteiger charge is 2.42. The molecule has 2 aromatic heterocycles. The zero-order valence-electron chi connectivity index (χ0n) is 15.7. The van der Waals surface area contributed by atoms with Gasteiger partial charge in [-0.3, -0.25) is 4.79 Å². The van der Waals surface area contributed by atoms with Gasteiger partial charge in [0.1, 0.15) is 10.7 Å². The van der Waals surface area contributed by atoms with Crippen molar-refractivity contribution in [1.29, 1.82) is 0 Å². The van der Waals surface area contributed by atoms with Gasteiger partial charge in [0.25, 0.3) is 5.91 Å². The molecule has 0 aliphatic carbocycles. The first-order chi connectivity index (χ1) is 13.5. The largest absolute Gasteiger partial charge is 0.477 e. The van der Waals surface area contributed by atoms with Gasteiger partial charge in [0.05, 0.1) is 17.8 Å². The van der Waals surface area contributed by atoms with Gasteiger partial charge in [0, 0.05) is 37.1 Å². The van der Waals surface area contributed by atoms with Crippen LogP contribution in [0.5, 0.6) is 0 Å². The van der Waals surface area contributed by atoms with Crippen LogP contribution in [0.1, 0.15) is 50.2 Å². The number of carbonyl (C=O) groups excluding carboxylic acids is 1. The molecule has 0 bridgehead atoms. The van der Waals surface area contributed by atoms with Crippen molar-refractivity contribution in [3.05, 3.63) is 45.3 Å². The predicted octanol–water partition coefficient (Wildman–Crippen LogP) is 2.66. The molecule has 0 unspecified atom stereocenters. The number of rotatable bonds is 4. The minimum atomic E-state index is -0.872. The number of aromatic carboxylic acids is 1. The highest BCUT2D eigenvalue weighted by molar-refractivity contribution is 7.14. The van der Waals surface area contributed by atoms with Gasteiger partial charge >= 0.3 is 5.97 Å². The van der Waals surface area contributed by atoms with Crippen molar-refractivity contribution in [1.82, 2.24) is 10.3 Å². The lowest BCUT2D eigenvalue weighted by molar-refractivity contribution is -0.0757. The highest BCUT2D eigenvalue weighted by atomic mass is 32.1. The Bertz CT molecular complexity index is 885. The number of carbonyl (C=O) groups is 2. The van der Waals surface area contributed by atoms with E-state index in [0.29, 0.717) is 23.6 Å². The van der Waals surface area contributed by atoms with Gasteiger partial charge in [0.2, 0.25) is 0 Å². The summed E-state index contributed by atoms with van der Waals surface area (Å²) in [4.78, 5) is 31.4. The van der Waals surface area contributed by atoms with E-state index < -0.39 is 11.6 Å². The Balaban J connectivity index is 1.48. The van der Waals surface area contributed by atoms with E-state index in [2.05, 4.69) is 15.2 Å². The summed E-state index contributed by atoms with van der Waals surface area (Å²) in [6.07, 6.45) is 3.96. The molecule has 2 N–H and O–H groups in total. The van der Waals surface area contributed by atoms with Crippen molar-refractivity contribution in [2.45, 2.75) is 31.8 Å². The average Bonchev–Trinajstić information content (AvgIpc) is 3.16. The van der Waals surface area contributed by atoms with Gasteiger partial charge in [0.15, 0.2) is 0 Å². The minimum Gasteiger partial charge on any atom is -0.477 e. The number of aromatic nitrogens is 1. The van der Waals surface area contributed by atoms with Crippen LogP contribution in [0.15, 0.2) is 24.4 Å². The lowest BCUT2D eigenvalue weighted by atomic mass is 9.82. The molecule has 8 heteroatoms. The average molecular weight is 401 g/mol. The third kappa shape index (κ3) is 3.38. The van der Waals surface area contributed by atoms with E-state index >= 15 is 0 Å². The minimum absolute atomic E-state index is 0.117. The maximum Gasteiger partial charge on any atom is 0.345 e. The first-order valence-corrected chi connectivity index (χ1v) is 10.3. The lowest BCUT2D eigenvalue weighted by Crippen LogP contribution is -2.46. The molecule has 0 atom stereocenters. The topological polar surface area (TPSA) is 91.8 Å². The molecule has 0 aromatic carbocycles. The molecule has 1 fully saturated rings.